The van der Waals surface area contributed by atoms with Gasteiger partial charge in [-0.1, -0.05) is 62.4 Å². The third kappa shape index (κ3) is 5.19. The molecule has 0 aliphatic heterocycles. The number of fused-ring (bicyclic) bond motifs is 1. The molecule has 0 aliphatic rings. The van der Waals surface area contributed by atoms with Crippen LogP contribution >= 0.6 is 0 Å². The molecule has 0 atom stereocenters. The fourth-order valence-electron chi connectivity index (χ4n) is 3.57. The molecule has 1 aromatic heterocycles. The number of nitrogens with zero attached hydrogens (tertiary/aromatic N) is 1. The van der Waals surface area contributed by atoms with Crippen LogP contribution in [0.15, 0.2) is 60.7 Å². The second-order valence-corrected chi connectivity index (χ2v) is 7.74. The summed E-state index contributed by atoms with van der Waals surface area (Å²) < 4.78 is 2.31. The van der Waals surface area contributed by atoms with Gasteiger partial charge in [-0.15, -0.1) is 0 Å². The molecule has 0 N–H and O–H groups in total. The summed E-state index contributed by atoms with van der Waals surface area (Å²) in [5.41, 5.74) is 4.94. The first-order chi connectivity index (χ1) is 13.0. The van der Waals surface area contributed by atoms with E-state index in [1.165, 1.54) is 22.2 Å². The van der Waals surface area contributed by atoms with Gasteiger partial charge in [0.1, 0.15) is 0 Å². The highest BCUT2D eigenvalue weighted by molar-refractivity contribution is 5.93. The number of aromatic nitrogens is 1. The van der Waals surface area contributed by atoms with Crippen LogP contribution < -0.4 is 0 Å². The number of carbonyl (C=O) groups is 1. The molecule has 27 heavy (non-hydrogen) atoms. The van der Waals surface area contributed by atoms with Gasteiger partial charge in [-0.2, -0.15) is 0 Å². The molecule has 0 spiro atoms. The van der Waals surface area contributed by atoms with E-state index in [1.54, 1.807) is 6.08 Å². The first kappa shape index (κ1) is 19.2. The molecule has 2 nitrogen and oxygen atoms in total. The fraction of sp³-hybridized carbons (Fsp3) is 0.320. The van der Waals surface area contributed by atoms with E-state index in [9.17, 15) is 4.79 Å². The Morgan fingerprint density at radius 2 is 1.81 bits per heavy atom. The van der Waals surface area contributed by atoms with Crippen LogP contribution in [0.3, 0.4) is 0 Å². The number of allylic oxidation sites excluding steroid dienone is 1. The molecular weight excluding hydrogens is 330 g/mol. The Balaban J connectivity index is 1.52. The molecule has 1 heterocycles. The lowest BCUT2D eigenvalue weighted by Gasteiger charge is -2.07. The van der Waals surface area contributed by atoms with Crippen LogP contribution in [0.4, 0.5) is 0 Å². The summed E-state index contributed by atoms with van der Waals surface area (Å²) in [6, 6.07) is 19.1. The van der Waals surface area contributed by atoms with Crippen molar-refractivity contribution in [3.63, 3.8) is 0 Å². The number of rotatable bonds is 8. The standard InChI is InChI=1S/C25H29NO/c1-19(2)17-22-12-10-21(11-13-22)14-15-24(27)8-6-16-26-20(3)18-23-7-4-5-9-25(23)26/h4-5,7,9-15,18-19H,6,8,16-17H2,1-3H3/b15-14+. The van der Waals surface area contributed by atoms with Crippen LogP contribution in [-0.2, 0) is 17.8 Å². The Bertz CT molecular complexity index is 929. The number of benzene rings is 2. The van der Waals surface area contributed by atoms with Gasteiger partial charge < -0.3 is 4.57 Å². The predicted octanol–water partition coefficient (Wildman–Crippen LogP) is 6.21. The van der Waals surface area contributed by atoms with E-state index in [0.717, 1.165) is 24.9 Å². The maximum atomic E-state index is 12.2. The Labute approximate surface area is 162 Å². The Hall–Kier alpha value is -2.61. The zero-order chi connectivity index (χ0) is 19.2. The Morgan fingerprint density at radius 1 is 1.07 bits per heavy atom. The van der Waals surface area contributed by atoms with Gasteiger partial charge in [0.05, 0.1) is 0 Å². The van der Waals surface area contributed by atoms with Gasteiger partial charge >= 0.3 is 0 Å². The van der Waals surface area contributed by atoms with Crippen molar-refractivity contribution in [2.75, 3.05) is 0 Å². The summed E-state index contributed by atoms with van der Waals surface area (Å²) in [7, 11) is 0. The SMILES string of the molecule is Cc1cc2ccccc2n1CCCC(=O)/C=C/c1ccc(CC(C)C)cc1. The van der Waals surface area contributed by atoms with E-state index in [2.05, 4.69) is 79.9 Å². The second-order valence-electron chi connectivity index (χ2n) is 7.74. The minimum Gasteiger partial charge on any atom is -0.345 e. The molecule has 2 aromatic carbocycles. The van der Waals surface area contributed by atoms with E-state index in [0.29, 0.717) is 12.3 Å². The predicted molar refractivity (Wildman–Crippen MR) is 115 cm³/mol. The molecule has 0 fully saturated rings. The molecular formula is C25H29NO. The highest BCUT2D eigenvalue weighted by atomic mass is 16.1. The third-order valence-electron chi connectivity index (χ3n) is 4.91. The summed E-state index contributed by atoms with van der Waals surface area (Å²) in [6.07, 6.45) is 6.18. The van der Waals surface area contributed by atoms with Crippen molar-refractivity contribution in [1.29, 1.82) is 0 Å². The molecule has 0 bridgehead atoms. The van der Waals surface area contributed by atoms with Gasteiger partial charge in [-0.25, -0.2) is 0 Å². The summed E-state index contributed by atoms with van der Waals surface area (Å²) in [4.78, 5) is 12.2. The second kappa shape index (κ2) is 8.85. The monoisotopic (exact) mass is 359 g/mol. The van der Waals surface area contributed by atoms with Crippen LogP contribution in [0, 0.1) is 12.8 Å². The third-order valence-corrected chi connectivity index (χ3v) is 4.91. The van der Waals surface area contributed by atoms with Crippen molar-refractivity contribution < 1.29 is 4.79 Å². The highest BCUT2D eigenvalue weighted by Gasteiger charge is 2.05. The van der Waals surface area contributed by atoms with E-state index < -0.39 is 0 Å². The van der Waals surface area contributed by atoms with Crippen molar-refractivity contribution in [3.05, 3.63) is 77.5 Å². The minimum atomic E-state index is 0.190. The quantitative estimate of drug-likeness (QED) is 0.438. The number of ketones is 1. The van der Waals surface area contributed by atoms with Crippen molar-refractivity contribution in [2.24, 2.45) is 5.92 Å². The average Bonchev–Trinajstić information content (AvgIpc) is 2.96. The lowest BCUT2D eigenvalue weighted by Crippen LogP contribution is -2.02. The molecule has 0 aliphatic carbocycles. The smallest absolute Gasteiger partial charge is 0.155 e. The zero-order valence-corrected chi connectivity index (χ0v) is 16.6. The van der Waals surface area contributed by atoms with Crippen molar-refractivity contribution in [2.45, 2.75) is 46.6 Å². The van der Waals surface area contributed by atoms with Gasteiger partial charge in [-0.3, -0.25) is 4.79 Å². The molecule has 3 aromatic rings. The van der Waals surface area contributed by atoms with Crippen molar-refractivity contribution in [1.82, 2.24) is 4.57 Å². The minimum absolute atomic E-state index is 0.190. The van der Waals surface area contributed by atoms with Crippen molar-refractivity contribution >= 4 is 22.8 Å². The van der Waals surface area contributed by atoms with Crippen LogP contribution in [0.25, 0.3) is 17.0 Å². The van der Waals surface area contributed by atoms with Gasteiger partial charge in [0.25, 0.3) is 0 Å². The number of hydrogen-bond donors (Lipinski definition) is 0. The molecule has 3 rings (SSSR count). The number of aryl methyl sites for hydroxylation is 2. The molecule has 0 unspecified atom stereocenters. The van der Waals surface area contributed by atoms with Gasteiger partial charge in [-0.05, 0) is 60.4 Å². The first-order valence-corrected chi connectivity index (χ1v) is 9.87. The summed E-state index contributed by atoms with van der Waals surface area (Å²) in [6.45, 7) is 7.46. The van der Waals surface area contributed by atoms with Crippen LogP contribution in [0.2, 0.25) is 0 Å². The maximum Gasteiger partial charge on any atom is 0.155 e. The number of hydrogen-bond acceptors (Lipinski definition) is 1. The Kier molecular flexibility index (Phi) is 6.28. The molecule has 2 heteroatoms. The zero-order valence-electron chi connectivity index (χ0n) is 16.6. The van der Waals surface area contributed by atoms with Crippen LogP contribution in [-0.4, -0.2) is 10.4 Å². The van der Waals surface area contributed by atoms with Gasteiger partial charge in [0.2, 0.25) is 0 Å². The van der Waals surface area contributed by atoms with Crippen molar-refractivity contribution in [3.8, 4) is 0 Å². The maximum absolute atomic E-state index is 12.2. The van der Waals surface area contributed by atoms with E-state index in [4.69, 9.17) is 0 Å². The first-order valence-electron chi connectivity index (χ1n) is 9.87. The number of carbonyl (C=O) groups excluding carboxylic acids is 1. The molecule has 0 saturated heterocycles. The summed E-state index contributed by atoms with van der Waals surface area (Å²) in [5.74, 6) is 0.851. The molecule has 0 saturated carbocycles. The average molecular weight is 360 g/mol. The highest BCUT2D eigenvalue weighted by Crippen LogP contribution is 2.20. The van der Waals surface area contributed by atoms with E-state index in [-0.39, 0.29) is 5.78 Å². The van der Waals surface area contributed by atoms with E-state index >= 15 is 0 Å². The summed E-state index contributed by atoms with van der Waals surface area (Å²) >= 11 is 0. The summed E-state index contributed by atoms with van der Waals surface area (Å²) in [5, 5.41) is 1.27. The van der Waals surface area contributed by atoms with Gasteiger partial charge in [0.15, 0.2) is 5.78 Å². The lowest BCUT2D eigenvalue weighted by atomic mass is 10.0. The van der Waals surface area contributed by atoms with Crippen LogP contribution in [0.5, 0.6) is 0 Å². The van der Waals surface area contributed by atoms with Crippen LogP contribution in [0.1, 0.15) is 43.5 Å². The molecule has 140 valence electrons. The molecule has 0 amide bonds. The molecule has 0 radical (unpaired) electrons. The Morgan fingerprint density at radius 3 is 2.56 bits per heavy atom. The topological polar surface area (TPSA) is 22.0 Å². The normalized spacial score (nSPS) is 11.7. The van der Waals surface area contributed by atoms with Gasteiger partial charge in [0, 0.05) is 24.2 Å². The fourth-order valence-corrected chi connectivity index (χ4v) is 3.57. The van der Waals surface area contributed by atoms with E-state index in [1.807, 2.05) is 6.08 Å². The largest absolute Gasteiger partial charge is 0.345 e. The number of para-hydroxylation sites is 1. The lowest BCUT2D eigenvalue weighted by molar-refractivity contribution is -0.114.